The second kappa shape index (κ2) is 3.58. The van der Waals surface area contributed by atoms with Gasteiger partial charge in [0, 0.05) is 12.1 Å². The van der Waals surface area contributed by atoms with E-state index in [2.05, 4.69) is 39.5 Å². The summed E-state index contributed by atoms with van der Waals surface area (Å²) in [5, 5.41) is 0. The smallest absolute Gasteiger partial charge is 0.100 e. The lowest BCUT2D eigenvalue weighted by Crippen LogP contribution is -2.42. The van der Waals surface area contributed by atoms with Crippen LogP contribution in [-0.4, -0.2) is 29.3 Å². The van der Waals surface area contributed by atoms with Crippen molar-refractivity contribution in [1.29, 1.82) is 0 Å². The maximum atomic E-state index is 5.90. The van der Waals surface area contributed by atoms with Crippen LogP contribution >= 0.6 is 0 Å². The average molecular weight is 185 g/mol. The first-order valence-electron chi connectivity index (χ1n) is 5.32. The van der Waals surface area contributed by atoms with E-state index in [9.17, 15) is 0 Å². The van der Waals surface area contributed by atoms with Gasteiger partial charge in [-0.25, -0.2) is 0 Å². The fourth-order valence-electron chi connectivity index (χ4n) is 1.76. The van der Waals surface area contributed by atoms with Crippen LogP contribution in [0.15, 0.2) is 0 Å². The summed E-state index contributed by atoms with van der Waals surface area (Å²) in [6.07, 6.45) is 2.24. The summed E-state index contributed by atoms with van der Waals surface area (Å²) in [7, 11) is 0. The average Bonchev–Trinajstić information content (AvgIpc) is 2.48. The third-order valence-corrected chi connectivity index (χ3v) is 3.24. The Morgan fingerprint density at radius 2 is 1.77 bits per heavy atom. The standard InChI is InChI=1S/C11H23NO/c1-6-11(7-2)8-12(9-13-11)10(3,4)5/h6-9H2,1-5H3. The van der Waals surface area contributed by atoms with Gasteiger partial charge in [-0.05, 0) is 33.6 Å². The first kappa shape index (κ1) is 11.0. The maximum absolute atomic E-state index is 5.90. The summed E-state index contributed by atoms with van der Waals surface area (Å²) in [5.41, 5.74) is 0.374. The molecule has 78 valence electrons. The van der Waals surface area contributed by atoms with E-state index in [4.69, 9.17) is 4.74 Å². The van der Waals surface area contributed by atoms with E-state index in [0.29, 0.717) is 0 Å². The van der Waals surface area contributed by atoms with Gasteiger partial charge < -0.3 is 4.74 Å². The van der Waals surface area contributed by atoms with Crippen molar-refractivity contribution in [2.75, 3.05) is 13.3 Å². The second-order valence-electron chi connectivity index (χ2n) is 5.03. The molecule has 2 heteroatoms. The quantitative estimate of drug-likeness (QED) is 0.655. The van der Waals surface area contributed by atoms with Crippen molar-refractivity contribution < 1.29 is 4.74 Å². The third kappa shape index (κ3) is 2.23. The molecule has 0 aromatic heterocycles. The Balaban J connectivity index is 2.62. The van der Waals surface area contributed by atoms with Gasteiger partial charge in [0.25, 0.3) is 0 Å². The highest BCUT2D eigenvalue weighted by molar-refractivity contribution is 4.90. The molecule has 0 radical (unpaired) electrons. The lowest BCUT2D eigenvalue weighted by Gasteiger charge is -2.32. The zero-order valence-corrected chi connectivity index (χ0v) is 9.68. The zero-order valence-electron chi connectivity index (χ0n) is 9.68. The topological polar surface area (TPSA) is 12.5 Å². The highest BCUT2D eigenvalue weighted by atomic mass is 16.5. The van der Waals surface area contributed by atoms with Gasteiger partial charge in [0.1, 0.15) is 6.73 Å². The lowest BCUT2D eigenvalue weighted by molar-refractivity contribution is -0.00658. The van der Waals surface area contributed by atoms with Crippen molar-refractivity contribution in [2.45, 2.75) is 58.6 Å². The number of hydrogen-bond donors (Lipinski definition) is 0. The third-order valence-electron chi connectivity index (χ3n) is 3.24. The van der Waals surface area contributed by atoms with Gasteiger partial charge in [-0.15, -0.1) is 0 Å². The van der Waals surface area contributed by atoms with Gasteiger partial charge in [0.05, 0.1) is 5.60 Å². The predicted molar refractivity (Wildman–Crippen MR) is 55.7 cm³/mol. The minimum atomic E-state index is 0.132. The highest BCUT2D eigenvalue weighted by Gasteiger charge is 2.39. The molecule has 0 saturated carbocycles. The summed E-state index contributed by atoms with van der Waals surface area (Å²) < 4.78 is 5.90. The molecule has 1 heterocycles. The van der Waals surface area contributed by atoms with E-state index < -0.39 is 0 Å². The summed E-state index contributed by atoms with van der Waals surface area (Å²) in [6, 6.07) is 0. The van der Waals surface area contributed by atoms with Crippen LogP contribution in [0.3, 0.4) is 0 Å². The molecule has 1 aliphatic rings. The molecule has 0 atom stereocenters. The monoisotopic (exact) mass is 185 g/mol. The van der Waals surface area contributed by atoms with Crippen LogP contribution in [0.5, 0.6) is 0 Å². The van der Waals surface area contributed by atoms with Crippen molar-refractivity contribution in [3.63, 3.8) is 0 Å². The van der Waals surface area contributed by atoms with Crippen molar-refractivity contribution in [2.24, 2.45) is 0 Å². The van der Waals surface area contributed by atoms with Crippen LogP contribution < -0.4 is 0 Å². The molecule has 0 aromatic carbocycles. The number of nitrogens with zero attached hydrogens (tertiary/aromatic N) is 1. The number of hydrogen-bond acceptors (Lipinski definition) is 2. The molecular weight excluding hydrogens is 162 g/mol. The molecular formula is C11H23NO. The Hall–Kier alpha value is -0.0800. The Kier molecular flexibility index (Phi) is 3.03. The van der Waals surface area contributed by atoms with Gasteiger partial charge >= 0.3 is 0 Å². The first-order valence-corrected chi connectivity index (χ1v) is 5.32. The Morgan fingerprint density at radius 3 is 2.00 bits per heavy atom. The summed E-state index contributed by atoms with van der Waals surface area (Å²) in [5.74, 6) is 0. The van der Waals surface area contributed by atoms with Gasteiger partial charge in [-0.2, -0.15) is 0 Å². The van der Waals surface area contributed by atoms with Gasteiger partial charge in [-0.1, -0.05) is 13.8 Å². The molecule has 0 aliphatic carbocycles. The summed E-state index contributed by atoms with van der Waals surface area (Å²) in [6.45, 7) is 13.1. The largest absolute Gasteiger partial charge is 0.358 e. The van der Waals surface area contributed by atoms with Crippen molar-refractivity contribution in [1.82, 2.24) is 4.90 Å². The number of rotatable bonds is 2. The highest BCUT2D eigenvalue weighted by Crippen LogP contribution is 2.31. The molecule has 1 saturated heterocycles. The minimum absolute atomic E-state index is 0.132. The van der Waals surface area contributed by atoms with E-state index >= 15 is 0 Å². The molecule has 1 fully saturated rings. The molecule has 0 unspecified atom stereocenters. The molecule has 1 rings (SSSR count). The predicted octanol–water partition coefficient (Wildman–Crippen LogP) is 2.63. The lowest BCUT2D eigenvalue weighted by atomic mass is 9.96. The SMILES string of the molecule is CCC1(CC)CN(C(C)(C)C)CO1. The van der Waals surface area contributed by atoms with Crippen LogP contribution in [0.4, 0.5) is 0 Å². The Labute approximate surface area is 82.3 Å². The van der Waals surface area contributed by atoms with Crippen LogP contribution in [0.1, 0.15) is 47.5 Å². The van der Waals surface area contributed by atoms with E-state index in [-0.39, 0.29) is 11.1 Å². The van der Waals surface area contributed by atoms with Crippen LogP contribution in [-0.2, 0) is 4.74 Å². The van der Waals surface area contributed by atoms with Crippen LogP contribution in [0.2, 0.25) is 0 Å². The van der Waals surface area contributed by atoms with Crippen molar-refractivity contribution >= 4 is 0 Å². The van der Waals surface area contributed by atoms with E-state index in [1.807, 2.05) is 0 Å². The van der Waals surface area contributed by atoms with E-state index in [1.54, 1.807) is 0 Å². The zero-order chi connectivity index (χ0) is 10.1. The minimum Gasteiger partial charge on any atom is -0.358 e. The Morgan fingerprint density at radius 1 is 1.23 bits per heavy atom. The van der Waals surface area contributed by atoms with E-state index in [1.165, 1.54) is 0 Å². The second-order valence-corrected chi connectivity index (χ2v) is 5.03. The fraction of sp³-hybridized carbons (Fsp3) is 1.00. The Bertz CT molecular complexity index is 167. The van der Waals surface area contributed by atoms with E-state index in [0.717, 1.165) is 26.1 Å². The molecule has 0 N–H and O–H groups in total. The van der Waals surface area contributed by atoms with Crippen molar-refractivity contribution in [3.8, 4) is 0 Å². The molecule has 1 aliphatic heterocycles. The van der Waals surface area contributed by atoms with Gasteiger partial charge in [-0.3, -0.25) is 4.90 Å². The molecule has 2 nitrogen and oxygen atoms in total. The fourth-order valence-corrected chi connectivity index (χ4v) is 1.76. The van der Waals surface area contributed by atoms with Gasteiger partial charge in [0.15, 0.2) is 0 Å². The maximum Gasteiger partial charge on any atom is 0.100 e. The summed E-state index contributed by atoms with van der Waals surface area (Å²) in [4.78, 5) is 2.42. The molecule has 13 heavy (non-hydrogen) atoms. The van der Waals surface area contributed by atoms with Crippen molar-refractivity contribution in [3.05, 3.63) is 0 Å². The van der Waals surface area contributed by atoms with Crippen LogP contribution in [0.25, 0.3) is 0 Å². The molecule has 0 amide bonds. The molecule has 0 bridgehead atoms. The molecule has 0 spiro atoms. The van der Waals surface area contributed by atoms with Gasteiger partial charge in [0.2, 0.25) is 0 Å². The normalized spacial score (nSPS) is 23.8. The summed E-state index contributed by atoms with van der Waals surface area (Å²) >= 11 is 0. The molecule has 0 aromatic rings. The number of ether oxygens (including phenoxy) is 1. The van der Waals surface area contributed by atoms with Crippen LogP contribution in [0, 0.1) is 0 Å². The first-order chi connectivity index (χ1) is 5.93.